The van der Waals surface area contributed by atoms with Crippen LogP contribution in [0.5, 0.6) is 0 Å². The van der Waals surface area contributed by atoms with Crippen LogP contribution in [0, 0.1) is 18.8 Å². The second-order valence-electron chi connectivity index (χ2n) is 6.64. The molecule has 21 heavy (non-hydrogen) atoms. The number of hydrogen-bond donors (Lipinski definition) is 1. The third kappa shape index (κ3) is 3.95. The maximum atomic E-state index is 13.2. The highest BCUT2D eigenvalue weighted by atomic mass is 32.2. The number of rotatable bonds is 5. The summed E-state index contributed by atoms with van der Waals surface area (Å²) in [4.78, 5) is 1.02. The zero-order valence-electron chi connectivity index (χ0n) is 13.8. The Labute approximate surface area is 132 Å². The van der Waals surface area contributed by atoms with Crippen LogP contribution in [0.4, 0.5) is 0 Å². The zero-order chi connectivity index (χ0) is 15.4. The molecule has 0 radical (unpaired) electrons. The molecule has 0 amide bonds. The van der Waals surface area contributed by atoms with E-state index in [-0.39, 0.29) is 5.25 Å². The Hall–Kier alpha value is -0.670. The summed E-state index contributed by atoms with van der Waals surface area (Å²) in [5.74, 6) is 1.23. The SMILES string of the molecule is CCCNC1CC(C)CC(C)C1S(=O)c1ccccc1C. The second kappa shape index (κ2) is 7.55. The van der Waals surface area contributed by atoms with Crippen LogP contribution in [0.3, 0.4) is 0 Å². The molecule has 0 aromatic heterocycles. The normalized spacial score (nSPS) is 31.0. The second-order valence-corrected chi connectivity index (χ2v) is 8.22. The van der Waals surface area contributed by atoms with Gasteiger partial charge in [-0.25, -0.2) is 0 Å². The molecule has 2 nitrogen and oxygen atoms in total. The fourth-order valence-corrected chi connectivity index (χ4v) is 5.58. The minimum absolute atomic E-state index is 0.230. The van der Waals surface area contributed by atoms with E-state index >= 15 is 0 Å². The lowest BCUT2D eigenvalue weighted by Crippen LogP contribution is -2.50. The van der Waals surface area contributed by atoms with Crippen molar-refractivity contribution in [3.63, 3.8) is 0 Å². The Morgan fingerprint density at radius 1 is 1.24 bits per heavy atom. The maximum Gasteiger partial charge on any atom is 0.0582 e. The van der Waals surface area contributed by atoms with Crippen molar-refractivity contribution in [1.82, 2.24) is 5.32 Å². The first-order valence-corrected chi connectivity index (χ1v) is 9.45. The van der Waals surface area contributed by atoms with Gasteiger partial charge < -0.3 is 5.32 Å². The summed E-state index contributed by atoms with van der Waals surface area (Å²) in [7, 11) is -0.922. The number of nitrogens with one attached hydrogen (secondary N) is 1. The van der Waals surface area contributed by atoms with Crippen LogP contribution in [-0.2, 0) is 10.8 Å². The Morgan fingerprint density at radius 2 is 1.95 bits per heavy atom. The Balaban J connectivity index is 2.24. The van der Waals surface area contributed by atoms with Crippen LogP contribution >= 0.6 is 0 Å². The largest absolute Gasteiger partial charge is 0.313 e. The third-order valence-electron chi connectivity index (χ3n) is 4.60. The highest BCUT2D eigenvalue weighted by molar-refractivity contribution is 7.85. The molecule has 3 heteroatoms. The summed E-state index contributed by atoms with van der Waals surface area (Å²) in [6.07, 6.45) is 3.46. The molecule has 0 heterocycles. The van der Waals surface area contributed by atoms with Crippen molar-refractivity contribution in [2.45, 2.75) is 63.1 Å². The van der Waals surface area contributed by atoms with E-state index in [0.717, 1.165) is 35.8 Å². The van der Waals surface area contributed by atoms with E-state index in [2.05, 4.69) is 39.1 Å². The standard InChI is InChI=1S/C18H29NOS/c1-5-10-19-16-12-13(2)11-15(4)18(16)21(20)17-9-7-6-8-14(17)3/h6-9,13,15-16,18-19H,5,10-12H2,1-4H3. The number of benzene rings is 1. The fraction of sp³-hybridized carbons (Fsp3) is 0.667. The summed E-state index contributed by atoms with van der Waals surface area (Å²) in [6, 6.07) is 8.51. The Bertz CT molecular complexity index is 488. The van der Waals surface area contributed by atoms with E-state index in [4.69, 9.17) is 0 Å². The molecule has 1 aromatic carbocycles. The highest BCUT2D eigenvalue weighted by Gasteiger charge is 2.38. The molecule has 1 N–H and O–H groups in total. The maximum absolute atomic E-state index is 13.2. The van der Waals surface area contributed by atoms with Gasteiger partial charge in [0.1, 0.15) is 0 Å². The zero-order valence-corrected chi connectivity index (χ0v) is 14.6. The van der Waals surface area contributed by atoms with Gasteiger partial charge in [-0.15, -0.1) is 0 Å². The van der Waals surface area contributed by atoms with E-state index in [1.807, 2.05) is 18.2 Å². The predicted molar refractivity (Wildman–Crippen MR) is 91.0 cm³/mol. The van der Waals surface area contributed by atoms with Crippen LogP contribution in [0.2, 0.25) is 0 Å². The van der Waals surface area contributed by atoms with Gasteiger partial charge in [0.05, 0.1) is 16.0 Å². The van der Waals surface area contributed by atoms with Gasteiger partial charge in [-0.05, 0) is 56.2 Å². The molecular formula is C18H29NOS. The van der Waals surface area contributed by atoms with E-state index < -0.39 is 10.8 Å². The molecule has 1 fully saturated rings. The van der Waals surface area contributed by atoms with Gasteiger partial charge in [0.15, 0.2) is 0 Å². The summed E-state index contributed by atoms with van der Waals surface area (Å²) >= 11 is 0. The van der Waals surface area contributed by atoms with Gasteiger partial charge in [0, 0.05) is 10.9 Å². The molecule has 0 bridgehead atoms. The monoisotopic (exact) mass is 307 g/mol. The lowest BCUT2D eigenvalue weighted by Gasteiger charge is -2.39. The molecule has 5 unspecified atom stereocenters. The van der Waals surface area contributed by atoms with Crippen molar-refractivity contribution in [2.75, 3.05) is 6.54 Å². The van der Waals surface area contributed by atoms with Crippen molar-refractivity contribution >= 4 is 10.8 Å². The first kappa shape index (κ1) is 16.7. The molecular weight excluding hydrogens is 278 g/mol. The highest BCUT2D eigenvalue weighted by Crippen LogP contribution is 2.34. The minimum Gasteiger partial charge on any atom is -0.313 e. The van der Waals surface area contributed by atoms with E-state index in [1.165, 1.54) is 6.42 Å². The lowest BCUT2D eigenvalue weighted by molar-refractivity contribution is 0.246. The first-order chi connectivity index (χ1) is 10.0. The molecule has 1 aromatic rings. The predicted octanol–water partition coefficient (Wildman–Crippen LogP) is 3.91. The van der Waals surface area contributed by atoms with Crippen molar-refractivity contribution in [3.05, 3.63) is 29.8 Å². The van der Waals surface area contributed by atoms with Gasteiger partial charge in [0.25, 0.3) is 0 Å². The Kier molecular flexibility index (Phi) is 6.00. The summed E-state index contributed by atoms with van der Waals surface area (Å²) in [5, 5.41) is 3.89. The molecule has 0 aliphatic heterocycles. The van der Waals surface area contributed by atoms with Crippen LogP contribution in [0.15, 0.2) is 29.2 Å². The van der Waals surface area contributed by atoms with Crippen LogP contribution in [-0.4, -0.2) is 22.0 Å². The van der Waals surface area contributed by atoms with E-state index in [0.29, 0.717) is 12.0 Å². The summed E-state index contributed by atoms with van der Waals surface area (Å²) < 4.78 is 13.2. The van der Waals surface area contributed by atoms with Crippen LogP contribution in [0.1, 0.15) is 45.6 Å². The smallest absolute Gasteiger partial charge is 0.0582 e. The molecule has 2 rings (SSSR count). The fourth-order valence-electron chi connectivity index (χ4n) is 3.65. The van der Waals surface area contributed by atoms with Crippen molar-refractivity contribution in [2.24, 2.45) is 11.8 Å². The summed E-state index contributed by atoms with van der Waals surface area (Å²) in [5.41, 5.74) is 1.15. The number of aryl methyl sites for hydroxylation is 1. The summed E-state index contributed by atoms with van der Waals surface area (Å²) in [6.45, 7) is 9.88. The van der Waals surface area contributed by atoms with Crippen LogP contribution < -0.4 is 5.32 Å². The number of hydrogen-bond acceptors (Lipinski definition) is 2. The van der Waals surface area contributed by atoms with E-state index in [9.17, 15) is 4.21 Å². The molecule has 5 atom stereocenters. The first-order valence-electron chi connectivity index (χ1n) is 8.24. The van der Waals surface area contributed by atoms with Crippen LogP contribution in [0.25, 0.3) is 0 Å². The van der Waals surface area contributed by atoms with Crippen molar-refractivity contribution in [3.8, 4) is 0 Å². The van der Waals surface area contributed by atoms with Gasteiger partial charge in [-0.2, -0.15) is 0 Å². The van der Waals surface area contributed by atoms with Crippen molar-refractivity contribution in [1.29, 1.82) is 0 Å². The average molecular weight is 308 g/mol. The van der Waals surface area contributed by atoms with Crippen molar-refractivity contribution < 1.29 is 4.21 Å². The van der Waals surface area contributed by atoms with Gasteiger partial charge >= 0.3 is 0 Å². The molecule has 1 aliphatic carbocycles. The van der Waals surface area contributed by atoms with Gasteiger partial charge in [-0.1, -0.05) is 39.0 Å². The molecule has 0 saturated heterocycles. The average Bonchev–Trinajstić information content (AvgIpc) is 2.44. The lowest BCUT2D eigenvalue weighted by atomic mass is 9.80. The quantitative estimate of drug-likeness (QED) is 0.893. The third-order valence-corrected chi connectivity index (χ3v) is 6.78. The molecule has 1 aliphatic rings. The minimum atomic E-state index is -0.922. The van der Waals surface area contributed by atoms with E-state index in [1.54, 1.807) is 0 Å². The molecule has 1 saturated carbocycles. The van der Waals surface area contributed by atoms with Gasteiger partial charge in [0.2, 0.25) is 0 Å². The Morgan fingerprint density at radius 3 is 2.62 bits per heavy atom. The molecule has 0 spiro atoms. The topological polar surface area (TPSA) is 29.1 Å². The van der Waals surface area contributed by atoms with Gasteiger partial charge in [-0.3, -0.25) is 4.21 Å². The molecule has 118 valence electrons.